The molecule has 2 aromatic heterocycles. The van der Waals surface area contributed by atoms with Crippen LogP contribution in [0.5, 0.6) is 5.75 Å². The first kappa shape index (κ1) is 21.2. The Balaban J connectivity index is 1.67. The Bertz CT molecular complexity index is 1310. The summed E-state index contributed by atoms with van der Waals surface area (Å²) in [6, 6.07) is 9.76. The number of aryl methyl sites for hydroxylation is 2. The van der Waals surface area contributed by atoms with Gasteiger partial charge in [-0.2, -0.15) is 0 Å². The topological polar surface area (TPSA) is 66.6 Å². The molecule has 0 bridgehead atoms. The Morgan fingerprint density at radius 1 is 1.16 bits per heavy atom. The molecule has 1 aliphatic rings. The third kappa shape index (κ3) is 3.71. The van der Waals surface area contributed by atoms with Crippen molar-refractivity contribution >= 4 is 32.5 Å². The van der Waals surface area contributed by atoms with Crippen LogP contribution in [-0.4, -0.2) is 28.1 Å². The van der Waals surface area contributed by atoms with Crippen molar-refractivity contribution < 1.29 is 9.52 Å². The number of aromatic hydroxyl groups is 1. The highest BCUT2D eigenvalue weighted by molar-refractivity contribution is 7.21. The monoisotopic (exact) mass is 448 g/mol. The highest BCUT2D eigenvalue weighted by atomic mass is 32.1. The van der Waals surface area contributed by atoms with Gasteiger partial charge in [-0.25, -0.2) is 4.98 Å². The van der Waals surface area contributed by atoms with E-state index in [9.17, 15) is 9.90 Å². The van der Waals surface area contributed by atoms with Crippen LogP contribution in [0.3, 0.4) is 0 Å². The Labute approximate surface area is 191 Å². The van der Waals surface area contributed by atoms with Crippen LogP contribution in [0.4, 0.5) is 0 Å². The van der Waals surface area contributed by atoms with Gasteiger partial charge in [0.1, 0.15) is 22.1 Å². The third-order valence-electron chi connectivity index (χ3n) is 6.46. The zero-order valence-corrected chi connectivity index (χ0v) is 19.4. The summed E-state index contributed by atoms with van der Waals surface area (Å²) in [4.78, 5) is 20.9. The molecule has 0 amide bonds. The molecule has 1 N–H and O–H groups in total. The lowest BCUT2D eigenvalue weighted by Crippen LogP contribution is -2.24. The highest BCUT2D eigenvalue weighted by Gasteiger charge is 2.23. The van der Waals surface area contributed by atoms with Crippen LogP contribution < -0.4 is 5.43 Å². The minimum Gasteiger partial charge on any atom is -0.507 e. The summed E-state index contributed by atoms with van der Waals surface area (Å²) < 4.78 is 7.29. The predicted molar refractivity (Wildman–Crippen MR) is 131 cm³/mol. The molecule has 0 aliphatic carbocycles. The van der Waals surface area contributed by atoms with E-state index in [1.165, 1.54) is 37.0 Å². The summed E-state index contributed by atoms with van der Waals surface area (Å²) in [6.07, 6.45) is 5.45. The second kappa shape index (κ2) is 8.68. The van der Waals surface area contributed by atoms with Crippen LogP contribution in [0, 0.1) is 6.92 Å². The molecule has 1 fully saturated rings. The molecule has 32 heavy (non-hydrogen) atoms. The van der Waals surface area contributed by atoms with E-state index in [2.05, 4.69) is 4.90 Å². The molecule has 1 saturated heterocycles. The van der Waals surface area contributed by atoms with Crippen molar-refractivity contribution in [1.29, 1.82) is 0 Å². The normalized spacial score (nSPS) is 15.4. The van der Waals surface area contributed by atoms with Crippen molar-refractivity contribution in [2.75, 3.05) is 13.1 Å². The molecule has 5 nitrogen and oxygen atoms in total. The smallest absolute Gasteiger partial charge is 0.203 e. The molecule has 0 spiro atoms. The van der Waals surface area contributed by atoms with Gasteiger partial charge in [0, 0.05) is 24.1 Å². The van der Waals surface area contributed by atoms with E-state index in [1.54, 1.807) is 0 Å². The summed E-state index contributed by atoms with van der Waals surface area (Å²) in [5.74, 6) is 0.851. The average molecular weight is 449 g/mol. The first-order chi connectivity index (χ1) is 15.6. The lowest BCUT2D eigenvalue weighted by atomic mass is 10.0. The second-order valence-corrected chi connectivity index (χ2v) is 9.68. The van der Waals surface area contributed by atoms with Crippen LogP contribution in [0.2, 0.25) is 0 Å². The summed E-state index contributed by atoms with van der Waals surface area (Å²) in [5.41, 5.74) is 3.28. The molecule has 0 saturated carbocycles. The minimum absolute atomic E-state index is 0.0672. The molecule has 4 aromatic rings. The minimum atomic E-state index is -0.0672. The van der Waals surface area contributed by atoms with Crippen molar-refractivity contribution in [3.63, 3.8) is 0 Å². The van der Waals surface area contributed by atoms with E-state index in [1.807, 2.05) is 44.2 Å². The fraction of sp³-hybridized carbons (Fsp3) is 0.385. The van der Waals surface area contributed by atoms with E-state index in [0.717, 1.165) is 28.9 Å². The lowest BCUT2D eigenvalue weighted by Gasteiger charge is -2.21. The molecular formula is C26H28N2O3S. The lowest BCUT2D eigenvalue weighted by molar-refractivity contribution is 0.272. The number of phenols is 1. The fourth-order valence-corrected chi connectivity index (χ4v) is 5.72. The molecule has 0 atom stereocenters. The summed E-state index contributed by atoms with van der Waals surface area (Å²) in [7, 11) is 0. The molecule has 5 rings (SSSR count). The van der Waals surface area contributed by atoms with Gasteiger partial charge in [0.2, 0.25) is 5.43 Å². The van der Waals surface area contributed by atoms with E-state index in [0.29, 0.717) is 45.8 Å². The van der Waals surface area contributed by atoms with E-state index >= 15 is 0 Å². The Morgan fingerprint density at radius 2 is 1.91 bits per heavy atom. The highest BCUT2D eigenvalue weighted by Crippen LogP contribution is 2.36. The van der Waals surface area contributed by atoms with Gasteiger partial charge in [-0.05, 0) is 51.1 Å². The first-order valence-corrected chi connectivity index (χ1v) is 12.3. The van der Waals surface area contributed by atoms with Crippen LogP contribution >= 0.6 is 11.3 Å². The number of likely N-dealkylation sites (tertiary alicyclic amines) is 1. The van der Waals surface area contributed by atoms with Crippen LogP contribution in [0.15, 0.2) is 39.5 Å². The van der Waals surface area contributed by atoms with Gasteiger partial charge < -0.3 is 9.52 Å². The largest absolute Gasteiger partial charge is 0.507 e. The van der Waals surface area contributed by atoms with Crippen molar-refractivity contribution in [2.24, 2.45) is 0 Å². The Hall–Kier alpha value is -2.70. The molecule has 0 unspecified atom stereocenters. The average Bonchev–Trinajstić information content (AvgIpc) is 3.06. The molecule has 6 heteroatoms. The predicted octanol–water partition coefficient (Wildman–Crippen LogP) is 6.02. The van der Waals surface area contributed by atoms with Crippen molar-refractivity contribution in [1.82, 2.24) is 9.88 Å². The Morgan fingerprint density at radius 3 is 2.62 bits per heavy atom. The van der Waals surface area contributed by atoms with Gasteiger partial charge in [0.25, 0.3) is 0 Å². The maximum Gasteiger partial charge on any atom is 0.203 e. The van der Waals surface area contributed by atoms with Crippen molar-refractivity contribution in [2.45, 2.75) is 52.5 Å². The van der Waals surface area contributed by atoms with Gasteiger partial charge >= 0.3 is 0 Å². The third-order valence-corrected chi connectivity index (χ3v) is 7.51. The zero-order chi connectivity index (χ0) is 22.2. The standard InChI is InChI=1S/C26H28N2O3S/c1-3-20-22(26-27-19-10-6-7-11-21(19)32-26)24(30)18-14-17(23(29)16(2)25(18)31-20)15-28-12-8-4-5-9-13-28/h6-7,10-11,14,29H,3-5,8-9,12-13,15H2,1-2H3. The van der Waals surface area contributed by atoms with E-state index < -0.39 is 0 Å². The Kier molecular flexibility index (Phi) is 5.74. The van der Waals surface area contributed by atoms with Gasteiger partial charge in [0.15, 0.2) is 0 Å². The molecule has 0 radical (unpaired) electrons. The maximum absolute atomic E-state index is 13.8. The van der Waals surface area contributed by atoms with Gasteiger partial charge in [-0.3, -0.25) is 9.69 Å². The number of aromatic nitrogens is 1. The molecule has 2 aromatic carbocycles. The summed E-state index contributed by atoms with van der Waals surface area (Å²) >= 11 is 1.52. The van der Waals surface area contributed by atoms with Crippen LogP contribution in [0.1, 0.15) is 49.5 Å². The van der Waals surface area contributed by atoms with E-state index in [-0.39, 0.29) is 11.2 Å². The molecule has 3 heterocycles. The number of hydrogen-bond acceptors (Lipinski definition) is 6. The summed E-state index contributed by atoms with van der Waals surface area (Å²) in [6.45, 7) is 6.51. The number of rotatable bonds is 4. The zero-order valence-electron chi connectivity index (χ0n) is 18.6. The molecule has 166 valence electrons. The first-order valence-electron chi connectivity index (χ1n) is 11.5. The SMILES string of the molecule is CCc1oc2c(C)c(O)c(CN3CCCCCC3)cc2c(=O)c1-c1nc2ccccc2s1. The number of thiazole rings is 1. The number of hydrogen-bond donors (Lipinski definition) is 1. The second-order valence-electron chi connectivity index (χ2n) is 8.65. The van der Waals surface area contributed by atoms with Crippen molar-refractivity contribution in [3.8, 4) is 16.3 Å². The number of benzene rings is 2. The van der Waals surface area contributed by atoms with Crippen molar-refractivity contribution in [3.05, 3.63) is 57.4 Å². The number of nitrogens with zero attached hydrogens (tertiary/aromatic N) is 2. The fourth-order valence-electron chi connectivity index (χ4n) is 4.69. The molecule has 1 aliphatic heterocycles. The number of para-hydroxylation sites is 1. The number of fused-ring (bicyclic) bond motifs is 2. The van der Waals surface area contributed by atoms with Gasteiger partial charge in [-0.1, -0.05) is 31.9 Å². The summed E-state index contributed by atoms with van der Waals surface area (Å²) in [5, 5.41) is 12.2. The van der Waals surface area contributed by atoms with Gasteiger partial charge in [0.05, 0.1) is 21.2 Å². The van der Waals surface area contributed by atoms with Crippen LogP contribution in [-0.2, 0) is 13.0 Å². The maximum atomic E-state index is 13.8. The molecular weight excluding hydrogens is 420 g/mol. The van der Waals surface area contributed by atoms with E-state index in [4.69, 9.17) is 9.40 Å². The van der Waals surface area contributed by atoms with Crippen LogP contribution in [0.25, 0.3) is 31.8 Å². The van der Waals surface area contributed by atoms with Gasteiger partial charge in [-0.15, -0.1) is 11.3 Å². The number of phenolic OH excluding ortho intramolecular Hbond substituents is 1. The quantitative estimate of drug-likeness (QED) is 0.413.